The fraction of sp³-hybridized carbons (Fsp3) is 0.348. The first kappa shape index (κ1) is 24.5. The van der Waals surface area contributed by atoms with E-state index in [-0.39, 0.29) is 43.2 Å². The predicted molar refractivity (Wildman–Crippen MR) is 116 cm³/mol. The Morgan fingerprint density at radius 1 is 1.29 bits per heavy atom. The Morgan fingerprint density at radius 3 is 2.69 bits per heavy atom. The number of primary amides is 1. The molecule has 1 aliphatic heterocycles. The van der Waals surface area contributed by atoms with E-state index in [1.54, 1.807) is 13.1 Å². The number of aromatic nitrogens is 2. The first-order valence-electron chi connectivity index (χ1n) is 10.6. The predicted octanol–water partition coefficient (Wildman–Crippen LogP) is 3.10. The summed E-state index contributed by atoms with van der Waals surface area (Å²) in [5.74, 6) is -1.10. The summed E-state index contributed by atoms with van der Waals surface area (Å²) in [5.41, 5.74) is 4.23. The highest BCUT2D eigenvalue weighted by Crippen LogP contribution is 2.37. The van der Waals surface area contributed by atoms with E-state index < -0.39 is 35.3 Å². The Kier molecular flexibility index (Phi) is 6.41. The molecular formula is C23H22F4N4O4. The Balaban J connectivity index is 1.59. The van der Waals surface area contributed by atoms with Gasteiger partial charge in [-0.2, -0.15) is 18.3 Å². The van der Waals surface area contributed by atoms with Gasteiger partial charge in [0.2, 0.25) is 12.1 Å². The molecule has 3 N–H and O–H groups in total. The number of aryl methyl sites for hydroxylation is 1. The molecule has 2 unspecified atom stereocenters. The maximum absolute atomic E-state index is 14.0. The number of ether oxygens (including phenoxy) is 2. The van der Waals surface area contributed by atoms with Crippen molar-refractivity contribution in [3.8, 4) is 5.75 Å². The van der Waals surface area contributed by atoms with E-state index in [1.165, 1.54) is 35.0 Å². The highest BCUT2D eigenvalue weighted by atomic mass is 19.4. The van der Waals surface area contributed by atoms with E-state index in [1.807, 2.05) is 0 Å². The molecule has 186 valence electrons. The van der Waals surface area contributed by atoms with Crippen molar-refractivity contribution in [2.24, 2.45) is 12.8 Å². The van der Waals surface area contributed by atoms with Crippen LogP contribution < -0.4 is 15.8 Å². The van der Waals surface area contributed by atoms with Crippen LogP contribution in [-0.2, 0) is 23.2 Å². The van der Waals surface area contributed by atoms with Crippen molar-refractivity contribution in [2.75, 3.05) is 13.2 Å². The van der Waals surface area contributed by atoms with Crippen LogP contribution in [0.2, 0.25) is 0 Å². The second-order valence-corrected chi connectivity index (χ2v) is 8.25. The molecule has 0 bridgehead atoms. The van der Waals surface area contributed by atoms with Gasteiger partial charge in [-0.25, -0.2) is 4.39 Å². The molecule has 0 aliphatic carbocycles. The number of hydrogen-bond donors (Lipinski definition) is 2. The lowest BCUT2D eigenvalue weighted by Crippen LogP contribution is -2.58. The third kappa shape index (κ3) is 4.78. The van der Waals surface area contributed by atoms with Gasteiger partial charge in [0, 0.05) is 31.0 Å². The van der Waals surface area contributed by atoms with Crippen LogP contribution in [-0.4, -0.2) is 46.5 Å². The number of fused-ring (bicyclic) bond motifs is 1. The number of nitrogens with one attached hydrogen (secondary N) is 1. The van der Waals surface area contributed by atoms with Crippen molar-refractivity contribution >= 4 is 22.7 Å². The fourth-order valence-electron chi connectivity index (χ4n) is 3.98. The van der Waals surface area contributed by atoms with Crippen LogP contribution in [0.15, 0.2) is 42.5 Å². The zero-order valence-corrected chi connectivity index (χ0v) is 18.6. The van der Waals surface area contributed by atoms with Crippen LogP contribution in [0, 0.1) is 0 Å². The van der Waals surface area contributed by atoms with Crippen LogP contribution in [0.1, 0.15) is 34.2 Å². The summed E-state index contributed by atoms with van der Waals surface area (Å²) in [6.45, 7) is -0.115. The lowest BCUT2D eigenvalue weighted by atomic mass is 9.97. The van der Waals surface area contributed by atoms with Crippen LogP contribution >= 0.6 is 0 Å². The van der Waals surface area contributed by atoms with Crippen molar-refractivity contribution in [1.29, 1.82) is 0 Å². The average molecular weight is 494 g/mol. The van der Waals surface area contributed by atoms with Gasteiger partial charge in [-0.05, 0) is 23.8 Å². The van der Waals surface area contributed by atoms with Crippen molar-refractivity contribution in [1.82, 2.24) is 15.1 Å². The van der Waals surface area contributed by atoms with Gasteiger partial charge in [0.25, 0.3) is 5.91 Å². The first-order valence-corrected chi connectivity index (χ1v) is 10.6. The highest BCUT2D eigenvalue weighted by Gasteiger charge is 2.43. The monoisotopic (exact) mass is 494 g/mol. The van der Waals surface area contributed by atoms with Gasteiger partial charge in [0.15, 0.2) is 0 Å². The van der Waals surface area contributed by atoms with E-state index >= 15 is 0 Å². The van der Waals surface area contributed by atoms with Crippen molar-refractivity contribution < 1.29 is 36.6 Å². The van der Waals surface area contributed by atoms with Crippen LogP contribution in [0.5, 0.6) is 5.75 Å². The summed E-state index contributed by atoms with van der Waals surface area (Å²) < 4.78 is 64.9. The number of alkyl halides is 4. The molecule has 1 fully saturated rings. The highest BCUT2D eigenvalue weighted by molar-refractivity contribution is 6.07. The van der Waals surface area contributed by atoms with Crippen molar-refractivity contribution in [2.45, 2.75) is 30.9 Å². The minimum atomic E-state index is -5.04. The summed E-state index contributed by atoms with van der Waals surface area (Å²) in [6, 6.07) is 9.82. The molecule has 35 heavy (non-hydrogen) atoms. The Hall–Kier alpha value is -3.67. The number of benzene rings is 2. The Labute approximate surface area is 197 Å². The number of amides is 2. The number of halogens is 4. The van der Waals surface area contributed by atoms with Gasteiger partial charge in [0.1, 0.15) is 23.6 Å². The molecule has 1 aliphatic rings. The molecule has 2 heterocycles. The molecule has 0 saturated carbocycles. The molecule has 1 aromatic heterocycles. The third-order valence-electron chi connectivity index (χ3n) is 5.88. The average Bonchev–Trinajstić information content (AvgIpc) is 3.40. The molecule has 12 heteroatoms. The number of carbonyl (C=O) groups is 2. The standard InChI is InChI=1S/C23H22F4N4O4/c1-31-18(20(32)29-22(21(28)33)8-9-34-12-22)16-10-14(6-7-17(16)30-31)35-11-13-4-2-3-5-15(13)19(24)23(25,26)27/h2-7,10,19H,8-9,11-12H2,1H3,(H2,28,33)(H,29,32). The molecule has 2 amide bonds. The van der Waals surface area contributed by atoms with E-state index in [9.17, 15) is 27.2 Å². The van der Waals surface area contributed by atoms with Gasteiger partial charge < -0.3 is 20.5 Å². The zero-order valence-electron chi connectivity index (χ0n) is 18.6. The van der Waals surface area contributed by atoms with E-state index in [2.05, 4.69) is 10.4 Å². The normalized spacial score (nSPS) is 19.0. The summed E-state index contributed by atoms with van der Waals surface area (Å²) in [4.78, 5) is 25.1. The van der Waals surface area contributed by atoms with Gasteiger partial charge in [-0.1, -0.05) is 24.3 Å². The summed E-state index contributed by atoms with van der Waals surface area (Å²) >= 11 is 0. The second kappa shape index (κ2) is 9.17. The SMILES string of the molecule is Cn1nc2ccc(OCc3ccccc3C(F)C(F)(F)F)cc2c1C(=O)NC1(C(N)=O)CCOC1. The molecule has 1 saturated heterocycles. The van der Waals surface area contributed by atoms with E-state index in [0.717, 1.165) is 6.07 Å². The number of carbonyl (C=O) groups excluding carboxylic acids is 2. The van der Waals surface area contributed by atoms with Gasteiger partial charge >= 0.3 is 6.18 Å². The summed E-state index contributed by atoms with van der Waals surface area (Å²) in [5, 5.41) is 7.31. The maximum atomic E-state index is 14.0. The number of nitrogens with two attached hydrogens (primary N) is 1. The van der Waals surface area contributed by atoms with Gasteiger partial charge in [-0.3, -0.25) is 14.3 Å². The quantitative estimate of drug-likeness (QED) is 0.491. The number of hydrogen-bond acceptors (Lipinski definition) is 5. The maximum Gasteiger partial charge on any atom is 0.423 e. The molecule has 2 aromatic carbocycles. The topological polar surface area (TPSA) is 108 Å². The van der Waals surface area contributed by atoms with Crippen LogP contribution in [0.4, 0.5) is 17.6 Å². The largest absolute Gasteiger partial charge is 0.489 e. The molecule has 3 aromatic rings. The molecule has 2 atom stereocenters. The Morgan fingerprint density at radius 2 is 2.03 bits per heavy atom. The molecular weight excluding hydrogens is 472 g/mol. The third-order valence-corrected chi connectivity index (χ3v) is 5.88. The summed E-state index contributed by atoms with van der Waals surface area (Å²) in [6.07, 6.45) is -7.96. The summed E-state index contributed by atoms with van der Waals surface area (Å²) in [7, 11) is 1.55. The number of nitrogens with zero attached hydrogens (tertiary/aromatic N) is 2. The fourth-order valence-corrected chi connectivity index (χ4v) is 3.98. The lowest BCUT2D eigenvalue weighted by molar-refractivity contribution is -0.183. The van der Waals surface area contributed by atoms with E-state index in [4.69, 9.17) is 15.2 Å². The van der Waals surface area contributed by atoms with Gasteiger partial charge in [0.05, 0.1) is 12.1 Å². The van der Waals surface area contributed by atoms with Crippen molar-refractivity contribution in [3.63, 3.8) is 0 Å². The molecule has 4 rings (SSSR count). The molecule has 0 radical (unpaired) electrons. The Bertz CT molecular complexity index is 1270. The zero-order chi connectivity index (χ0) is 25.4. The number of rotatable bonds is 7. The van der Waals surface area contributed by atoms with Crippen molar-refractivity contribution in [3.05, 3.63) is 59.3 Å². The minimum Gasteiger partial charge on any atom is -0.489 e. The minimum absolute atomic E-state index is 0.0335. The molecule has 8 nitrogen and oxygen atoms in total. The van der Waals surface area contributed by atoms with Crippen LogP contribution in [0.3, 0.4) is 0 Å². The first-order chi connectivity index (χ1) is 16.5. The molecule has 0 spiro atoms. The van der Waals surface area contributed by atoms with Crippen LogP contribution in [0.25, 0.3) is 10.9 Å². The smallest absolute Gasteiger partial charge is 0.423 e. The second-order valence-electron chi connectivity index (χ2n) is 8.25. The van der Waals surface area contributed by atoms with E-state index in [0.29, 0.717) is 10.9 Å². The lowest BCUT2D eigenvalue weighted by Gasteiger charge is -2.24. The van der Waals surface area contributed by atoms with Gasteiger partial charge in [-0.15, -0.1) is 0 Å².